The summed E-state index contributed by atoms with van der Waals surface area (Å²) in [6.07, 6.45) is 1.10. The summed E-state index contributed by atoms with van der Waals surface area (Å²) in [6.45, 7) is 4.14. The molecule has 0 saturated heterocycles. The van der Waals surface area contributed by atoms with E-state index in [1.54, 1.807) is 76.6 Å². The number of aromatic nitrogens is 6. The van der Waals surface area contributed by atoms with Gasteiger partial charge in [0.15, 0.2) is 11.3 Å². The topological polar surface area (TPSA) is 211 Å². The highest BCUT2D eigenvalue weighted by atomic mass is 79.9. The summed E-state index contributed by atoms with van der Waals surface area (Å²) in [7, 11) is -3.34. The maximum absolute atomic E-state index is 11.6. The summed E-state index contributed by atoms with van der Waals surface area (Å²) >= 11 is 3.42. The molecule has 0 saturated carbocycles. The van der Waals surface area contributed by atoms with E-state index in [0.717, 1.165) is 33.5 Å². The van der Waals surface area contributed by atoms with E-state index in [9.17, 15) is 18.0 Å². The summed E-state index contributed by atoms with van der Waals surface area (Å²) in [6, 6.07) is 31.4. The van der Waals surface area contributed by atoms with Gasteiger partial charge in [0.05, 0.1) is 29.7 Å². The van der Waals surface area contributed by atoms with Crippen molar-refractivity contribution < 1.29 is 32.6 Å². The lowest BCUT2D eigenvalue weighted by Gasteiger charge is -2.07. The summed E-state index contributed by atoms with van der Waals surface area (Å²) in [5.41, 5.74) is 5.60. The first kappa shape index (κ1) is 41.1. The van der Waals surface area contributed by atoms with Crippen molar-refractivity contribution in [3.05, 3.63) is 125 Å². The molecule has 4 N–H and O–H groups in total. The Labute approximate surface area is 324 Å². The van der Waals surface area contributed by atoms with Crippen molar-refractivity contribution in [2.24, 2.45) is 0 Å². The molecule has 0 spiro atoms. The molecule has 0 aliphatic heterocycles. The molecule has 0 aliphatic carbocycles. The van der Waals surface area contributed by atoms with Crippen molar-refractivity contribution in [2.45, 2.75) is 14.4 Å². The van der Waals surface area contributed by atoms with Crippen LogP contribution >= 0.6 is 15.9 Å². The van der Waals surface area contributed by atoms with Crippen molar-refractivity contribution in [1.82, 2.24) is 29.2 Å². The minimum Gasteiger partial charge on any atom is -0.478 e. The first-order valence-corrected chi connectivity index (χ1v) is 18.5. The van der Waals surface area contributed by atoms with Gasteiger partial charge < -0.3 is 25.3 Å². The Morgan fingerprint density at radius 3 is 1.75 bits per heavy atom. The van der Waals surface area contributed by atoms with E-state index >= 15 is 0 Å². The SMILES string of the molecule is C.C=O.CCOC(=O)c1ccc(Nc2nc3cccc(Br)n3n2)cc1.CS(=O)(=O)Nc1ccc(-c2cccc3nc(Nc4ccc(C(=O)O)cc4)nn23)cc1. The molecule has 0 amide bonds. The number of halogens is 1. The molecule has 0 unspecified atom stereocenters. The number of hydrogen-bond donors (Lipinski definition) is 4. The summed E-state index contributed by atoms with van der Waals surface area (Å²) in [4.78, 5) is 39.4. The van der Waals surface area contributed by atoms with E-state index < -0.39 is 16.0 Å². The molecule has 3 aromatic carbocycles. The number of pyridine rings is 2. The molecule has 0 aliphatic rings. The van der Waals surface area contributed by atoms with E-state index in [1.165, 1.54) is 12.1 Å². The van der Waals surface area contributed by atoms with Crippen LogP contribution in [0.3, 0.4) is 0 Å². The second-order valence-corrected chi connectivity index (χ2v) is 13.6. The predicted octanol–water partition coefficient (Wildman–Crippen LogP) is 7.07. The van der Waals surface area contributed by atoms with Gasteiger partial charge in [0.1, 0.15) is 11.4 Å². The summed E-state index contributed by atoms with van der Waals surface area (Å²) < 4.78 is 34.3. The molecule has 7 rings (SSSR count). The van der Waals surface area contributed by atoms with Crippen LogP contribution in [0.15, 0.2) is 114 Å². The molecule has 0 radical (unpaired) electrons. The maximum Gasteiger partial charge on any atom is 0.338 e. The fourth-order valence-electron chi connectivity index (χ4n) is 4.88. The number of sulfonamides is 1. The standard InChI is InChI=1S/C20H17N5O4S.C15H13BrN4O2.CH2O.CH4/c1-30(28,29)24-16-11-5-13(6-12-16)17-3-2-4-18-22-20(23-25(17)18)21-15-9-7-14(8-10-15)19(26)27;1-2-22-14(21)10-6-8-11(9-7-10)17-15-18-13-5-3-4-12(16)20(13)19-15;1-2;/h2-12,24H,1H3,(H,21,23)(H,26,27);3-9H,2H2,1H3,(H,17,19);1H2;1H4. The molecule has 284 valence electrons. The second-order valence-electron chi connectivity index (χ2n) is 11.1. The smallest absolute Gasteiger partial charge is 0.338 e. The molecule has 0 bridgehead atoms. The Hall–Kier alpha value is -6.66. The van der Waals surface area contributed by atoms with Gasteiger partial charge in [-0.15, -0.1) is 10.2 Å². The zero-order valence-electron chi connectivity index (χ0n) is 28.7. The Bertz CT molecular complexity index is 2510. The van der Waals surface area contributed by atoms with Crippen LogP contribution in [0.1, 0.15) is 35.1 Å². The third-order valence-corrected chi connectivity index (χ3v) is 8.40. The van der Waals surface area contributed by atoms with Gasteiger partial charge in [-0.2, -0.15) is 9.97 Å². The fourth-order valence-corrected chi connectivity index (χ4v) is 5.86. The Balaban J connectivity index is 0.000000240. The number of anilines is 5. The van der Waals surface area contributed by atoms with Crippen LogP contribution in [0.2, 0.25) is 0 Å². The molecule has 4 heterocycles. The van der Waals surface area contributed by atoms with E-state index in [-0.39, 0.29) is 19.0 Å². The van der Waals surface area contributed by atoms with Crippen molar-refractivity contribution in [1.29, 1.82) is 0 Å². The van der Waals surface area contributed by atoms with E-state index in [2.05, 4.69) is 51.5 Å². The number of nitrogens with zero attached hydrogens (tertiary/aromatic N) is 6. The number of esters is 1. The quantitative estimate of drug-likeness (QED) is 0.0804. The normalized spacial score (nSPS) is 10.5. The maximum atomic E-state index is 11.6. The molecule has 18 heteroatoms. The predicted molar refractivity (Wildman–Crippen MR) is 214 cm³/mol. The highest BCUT2D eigenvalue weighted by Gasteiger charge is 2.12. The van der Waals surface area contributed by atoms with Crippen molar-refractivity contribution >= 4 is 84.9 Å². The third kappa shape index (κ3) is 10.7. The highest BCUT2D eigenvalue weighted by molar-refractivity contribution is 9.10. The number of ether oxygens (including phenoxy) is 1. The minimum absolute atomic E-state index is 0. The lowest BCUT2D eigenvalue weighted by molar-refractivity contribution is -0.0980. The molecular formula is C37H36BrN9O7S. The monoisotopic (exact) mass is 829 g/mol. The number of carbonyl (C=O) groups excluding carboxylic acids is 2. The van der Waals surface area contributed by atoms with Crippen LogP contribution in [0.4, 0.5) is 29.0 Å². The molecule has 4 aromatic heterocycles. The largest absolute Gasteiger partial charge is 0.478 e. The van der Waals surface area contributed by atoms with Crippen LogP contribution in [0, 0.1) is 0 Å². The Morgan fingerprint density at radius 2 is 1.24 bits per heavy atom. The lowest BCUT2D eigenvalue weighted by atomic mass is 10.1. The minimum atomic E-state index is -3.34. The first-order valence-electron chi connectivity index (χ1n) is 15.8. The molecular weight excluding hydrogens is 794 g/mol. The van der Waals surface area contributed by atoms with Gasteiger partial charge in [-0.1, -0.05) is 31.7 Å². The number of rotatable bonds is 10. The number of fused-ring (bicyclic) bond motifs is 2. The highest BCUT2D eigenvalue weighted by Crippen LogP contribution is 2.24. The molecule has 55 heavy (non-hydrogen) atoms. The number of benzene rings is 3. The third-order valence-electron chi connectivity index (χ3n) is 7.20. The number of aromatic carboxylic acids is 1. The van der Waals surface area contributed by atoms with E-state index in [4.69, 9.17) is 14.6 Å². The van der Waals surface area contributed by atoms with Gasteiger partial charge >= 0.3 is 11.9 Å². The Kier molecular flexibility index (Phi) is 13.7. The first-order chi connectivity index (χ1) is 26.0. The number of hydrogen-bond acceptors (Lipinski definition) is 12. The fraction of sp³-hybridized carbons (Fsp3) is 0.108. The molecule has 0 fully saturated rings. The zero-order valence-corrected chi connectivity index (χ0v) is 31.1. The van der Waals surface area contributed by atoms with Crippen LogP contribution in [0.25, 0.3) is 22.6 Å². The number of carboxylic acid groups (broad SMARTS) is 1. The summed E-state index contributed by atoms with van der Waals surface area (Å²) in [5.74, 6) is -0.477. The van der Waals surface area contributed by atoms with Gasteiger partial charge in [0.25, 0.3) is 0 Å². The van der Waals surface area contributed by atoms with Crippen LogP contribution in [-0.2, 0) is 19.6 Å². The van der Waals surface area contributed by atoms with Crippen LogP contribution in [-0.4, -0.2) is 74.3 Å². The molecule has 0 atom stereocenters. The van der Waals surface area contributed by atoms with Crippen LogP contribution in [0.5, 0.6) is 0 Å². The molecule has 7 aromatic rings. The Morgan fingerprint density at radius 1 is 0.745 bits per heavy atom. The molecule has 16 nitrogen and oxygen atoms in total. The zero-order chi connectivity index (χ0) is 38.8. The average molecular weight is 831 g/mol. The van der Waals surface area contributed by atoms with Gasteiger partial charge in [0.2, 0.25) is 21.9 Å². The van der Waals surface area contributed by atoms with Crippen molar-refractivity contribution in [2.75, 3.05) is 28.2 Å². The average Bonchev–Trinajstić information content (AvgIpc) is 3.77. The number of carbonyl (C=O) groups is 3. The van der Waals surface area contributed by atoms with Gasteiger partial charge in [0, 0.05) is 22.6 Å². The van der Waals surface area contributed by atoms with Crippen LogP contribution < -0.4 is 15.4 Å². The number of nitrogens with one attached hydrogen (secondary N) is 3. The van der Waals surface area contributed by atoms with Gasteiger partial charge in [-0.25, -0.2) is 27.0 Å². The van der Waals surface area contributed by atoms with Gasteiger partial charge in [-0.05, 0) is 108 Å². The second kappa shape index (κ2) is 18.4. The lowest BCUT2D eigenvalue weighted by Crippen LogP contribution is -2.09. The van der Waals surface area contributed by atoms with E-state index in [0.29, 0.717) is 41.1 Å². The van der Waals surface area contributed by atoms with Gasteiger partial charge in [-0.3, -0.25) is 4.72 Å². The van der Waals surface area contributed by atoms with Crippen molar-refractivity contribution in [3.63, 3.8) is 0 Å². The summed E-state index contributed by atoms with van der Waals surface area (Å²) in [5, 5.41) is 24.0. The number of carboxylic acids is 1. The van der Waals surface area contributed by atoms with E-state index in [1.807, 2.05) is 43.2 Å². The van der Waals surface area contributed by atoms with Crippen molar-refractivity contribution in [3.8, 4) is 11.3 Å².